The number of rotatable bonds is 9. The Bertz CT molecular complexity index is 1220. The van der Waals surface area contributed by atoms with Crippen LogP contribution in [0, 0.1) is 18.8 Å². The zero-order valence-electron chi connectivity index (χ0n) is 21.3. The van der Waals surface area contributed by atoms with E-state index in [0.717, 1.165) is 56.5 Å². The topological polar surface area (TPSA) is 117 Å². The first-order valence-electron chi connectivity index (χ1n) is 13.6. The number of nitrogens with two attached hydrogens (primary N) is 1. The van der Waals surface area contributed by atoms with Crippen molar-refractivity contribution in [2.24, 2.45) is 17.6 Å². The number of benzene rings is 1. The number of fused-ring (bicyclic) bond motifs is 2. The maximum Gasteiger partial charge on any atom is 0.251 e. The molecule has 2 bridgehead atoms. The molecule has 0 spiro atoms. The minimum absolute atomic E-state index is 0.0788. The van der Waals surface area contributed by atoms with E-state index in [4.69, 9.17) is 5.73 Å². The molecule has 8 nitrogen and oxygen atoms in total. The summed E-state index contributed by atoms with van der Waals surface area (Å²) < 4.78 is 0. The van der Waals surface area contributed by atoms with Crippen molar-refractivity contribution in [1.29, 1.82) is 0 Å². The highest BCUT2D eigenvalue weighted by atomic mass is 16.2. The van der Waals surface area contributed by atoms with Crippen LogP contribution in [0.1, 0.15) is 88.0 Å². The summed E-state index contributed by atoms with van der Waals surface area (Å²) in [5, 5.41) is 6.61. The third kappa shape index (κ3) is 4.93. The molecule has 6 rings (SSSR count). The molecule has 2 amide bonds. The van der Waals surface area contributed by atoms with Crippen LogP contribution >= 0.6 is 0 Å². The summed E-state index contributed by atoms with van der Waals surface area (Å²) in [6.07, 6.45) is 9.97. The van der Waals surface area contributed by atoms with E-state index in [1.807, 2.05) is 19.1 Å². The third-order valence-corrected chi connectivity index (χ3v) is 8.47. The summed E-state index contributed by atoms with van der Waals surface area (Å²) in [5.74, 6) is 1.37. The number of carbonyl (C=O) groups is 3. The zero-order valence-corrected chi connectivity index (χ0v) is 21.3. The smallest absolute Gasteiger partial charge is 0.251 e. The maximum absolute atomic E-state index is 13.4. The molecule has 2 aliphatic carbocycles. The summed E-state index contributed by atoms with van der Waals surface area (Å²) >= 11 is 0. The largest absolute Gasteiger partial charge is 0.384 e. The van der Waals surface area contributed by atoms with Crippen molar-refractivity contribution in [3.63, 3.8) is 0 Å². The number of Topliss-reactive ketones (excluding diaryl/α,β-unsaturated/α-hetero) is 1. The van der Waals surface area contributed by atoms with Crippen molar-refractivity contribution in [2.45, 2.75) is 76.4 Å². The molecule has 4 N–H and O–H groups in total. The fourth-order valence-electron chi connectivity index (χ4n) is 6.08. The molecule has 1 aromatic carbocycles. The lowest BCUT2D eigenvalue weighted by Crippen LogP contribution is -2.50. The Balaban J connectivity index is 1.13. The Morgan fingerprint density at radius 2 is 1.73 bits per heavy atom. The van der Waals surface area contributed by atoms with Crippen molar-refractivity contribution in [2.75, 3.05) is 16.8 Å². The number of piperidine rings is 1. The average molecular weight is 502 g/mol. The molecule has 2 aromatic rings. The van der Waals surface area contributed by atoms with Crippen LogP contribution in [0.5, 0.6) is 0 Å². The van der Waals surface area contributed by atoms with Crippen LogP contribution in [0.25, 0.3) is 0 Å². The van der Waals surface area contributed by atoms with Gasteiger partial charge in [0.15, 0.2) is 5.78 Å². The van der Waals surface area contributed by atoms with Gasteiger partial charge in [-0.1, -0.05) is 0 Å². The number of primary amides is 1. The van der Waals surface area contributed by atoms with Crippen LogP contribution < -0.4 is 21.3 Å². The fourth-order valence-corrected chi connectivity index (χ4v) is 6.08. The lowest BCUT2D eigenvalue weighted by atomic mass is 9.95. The number of carbonyl (C=O) groups excluding carboxylic acids is 3. The molecule has 4 aliphatic rings. The standard InChI is InChI=1S/C29H35N5O3/c1-16-10-24(28(30)36)25(31-14-17-2-3-17)13-23(16)29(37)33-20-11-21-7-8-22(12-20)34(21)26-9-6-19(15-32-26)27(35)18-4-5-18/h6,9-10,13,15,17-18,20-22,31H,2-5,7-8,11-12,14H2,1H3,(H2,30,36)(H,33,37)/t20-,21+,22-. The van der Waals surface area contributed by atoms with Gasteiger partial charge in [0.1, 0.15) is 5.82 Å². The lowest BCUT2D eigenvalue weighted by Gasteiger charge is -2.40. The number of pyridine rings is 1. The molecule has 3 heterocycles. The van der Waals surface area contributed by atoms with E-state index >= 15 is 0 Å². The van der Waals surface area contributed by atoms with Gasteiger partial charge < -0.3 is 21.3 Å². The highest BCUT2D eigenvalue weighted by Crippen LogP contribution is 2.39. The van der Waals surface area contributed by atoms with E-state index in [9.17, 15) is 14.4 Å². The van der Waals surface area contributed by atoms with Crippen molar-refractivity contribution < 1.29 is 14.4 Å². The quantitative estimate of drug-likeness (QED) is 0.450. The van der Waals surface area contributed by atoms with Crippen molar-refractivity contribution >= 4 is 29.1 Å². The normalized spacial score (nSPS) is 24.6. The predicted octanol–water partition coefficient (Wildman–Crippen LogP) is 3.83. The van der Waals surface area contributed by atoms with E-state index in [1.165, 1.54) is 12.8 Å². The molecule has 0 radical (unpaired) electrons. The number of aromatic nitrogens is 1. The lowest BCUT2D eigenvalue weighted by molar-refractivity contribution is 0.0923. The molecule has 0 unspecified atom stereocenters. The molecule has 194 valence electrons. The first kappa shape index (κ1) is 23.9. The van der Waals surface area contributed by atoms with Crippen LogP contribution in [-0.4, -0.2) is 47.3 Å². The van der Waals surface area contributed by atoms with Crippen molar-refractivity contribution in [1.82, 2.24) is 10.3 Å². The van der Waals surface area contributed by atoms with Gasteiger partial charge in [-0.25, -0.2) is 4.98 Å². The van der Waals surface area contributed by atoms with E-state index in [0.29, 0.717) is 40.4 Å². The second-order valence-electron chi connectivity index (χ2n) is 11.4. The molecule has 4 fully saturated rings. The monoisotopic (exact) mass is 501 g/mol. The molecule has 8 heteroatoms. The van der Waals surface area contributed by atoms with Gasteiger partial charge in [-0.15, -0.1) is 0 Å². The van der Waals surface area contributed by atoms with Crippen LogP contribution in [0.2, 0.25) is 0 Å². The summed E-state index contributed by atoms with van der Waals surface area (Å²) in [6, 6.07) is 8.12. The Hall–Kier alpha value is -3.42. The first-order valence-corrected chi connectivity index (χ1v) is 13.6. The Morgan fingerprint density at radius 1 is 1.00 bits per heavy atom. The van der Waals surface area contributed by atoms with Gasteiger partial charge in [0.05, 0.1) is 5.56 Å². The molecule has 2 saturated heterocycles. The van der Waals surface area contributed by atoms with Crippen LogP contribution in [-0.2, 0) is 0 Å². The molecular weight excluding hydrogens is 466 g/mol. The fraction of sp³-hybridized carbons (Fsp3) is 0.517. The summed E-state index contributed by atoms with van der Waals surface area (Å²) in [4.78, 5) is 44.7. The Labute approximate surface area is 217 Å². The highest BCUT2D eigenvalue weighted by molar-refractivity contribution is 6.03. The Morgan fingerprint density at radius 3 is 2.32 bits per heavy atom. The Kier molecular flexibility index (Phi) is 6.13. The molecule has 37 heavy (non-hydrogen) atoms. The van der Waals surface area contributed by atoms with Gasteiger partial charge in [0, 0.05) is 53.6 Å². The number of hydrogen-bond donors (Lipinski definition) is 3. The van der Waals surface area contributed by atoms with Crippen LogP contribution in [0.3, 0.4) is 0 Å². The second-order valence-corrected chi connectivity index (χ2v) is 11.4. The van der Waals surface area contributed by atoms with Crippen molar-refractivity contribution in [3.05, 3.63) is 52.7 Å². The van der Waals surface area contributed by atoms with E-state index in [-0.39, 0.29) is 23.7 Å². The number of nitrogens with one attached hydrogen (secondary N) is 2. The van der Waals surface area contributed by atoms with Gasteiger partial charge in [-0.05, 0) is 94.0 Å². The average Bonchev–Trinajstić information content (AvgIpc) is 3.80. The molecule has 3 atom stereocenters. The SMILES string of the molecule is Cc1cc(C(N)=O)c(NCC2CC2)cc1C(=O)N[C@H]1C[C@H]2CC[C@@H](C1)N2c1ccc(C(=O)C2CC2)cn1. The number of anilines is 2. The third-order valence-electron chi connectivity index (χ3n) is 8.47. The van der Waals surface area contributed by atoms with Gasteiger partial charge in [-0.2, -0.15) is 0 Å². The first-order chi connectivity index (χ1) is 17.9. The van der Waals surface area contributed by atoms with E-state index in [2.05, 4.69) is 20.5 Å². The van der Waals surface area contributed by atoms with Crippen molar-refractivity contribution in [3.8, 4) is 0 Å². The number of nitrogens with zero attached hydrogens (tertiary/aromatic N) is 2. The minimum Gasteiger partial charge on any atom is -0.384 e. The number of ketones is 1. The van der Waals surface area contributed by atoms with E-state index < -0.39 is 5.91 Å². The second kappa shape index (κ2) is 9.47. The molecule has 1 aromatic heterocycles. The number of aryl methyl sites for hydroxylation is 1. The number of amides is 2. The minimum atomic E-state index is -0.490. The van der Waals surface area contributed by atoms with Crippen LogP contribution in [0.15, 0.2) is 30.5 Å². The van der Waals surface area contributed by atoms with Crippen LogP contribution in [0.4, 0.5) is 11.5 Å². The predicted molar refractivity (Wildman–Crippen MR) is 142 cm³/mol. The molecule has 2 aliphatic heterocycles. The van der Waals surface area contributed by atoms with Gasteiger partial charge in [0.25, 0.3) is 11.8 Å². The van der Waals surface area contributed by atoms with Gasteiger partial charge in [-0.3, -0.25) is 14.4 Å². The molecular formula is C29H35N5O3. The van der Waals surface area contributed by atoms with E-state index in [1.54, 1.807) is 18.3 Å². The highest BCUT2D eigenvalue weighted by Gasteiger charge is 2.42. The number of hydrogen-bond acceptors (Lipinski definition) is 6. The summed E-state index contributed by atoms with van der Waals surface area (Å²) in [7, 11) is 0. The maximum atomic E-state index is 13.4. The summed E-state index contributed by atoms with van der Waals surface area (Å²) in [5.41, 5.74) is 8.72. The summed E-state index contributed by atoms with van der Waals surface area (Å²) in [6.45, 7) is 2.64. The van der Waals surface area contributed by atoms with Gasteiger partial charge in [0.2, 0.25) is 0 Å². The molecule has 2 saturated carbocycles. The zero-order chi connectivity index (χ0) is 25.7. The van der Waals surface area contributed by atoms with Gasteiger partial charge >= 0.3 is 0 Å².